The Kier molecular flexibility index (Phi) is 8.34. The summed E-state index contributed by atoms with van der Waals surface area (Å²) < 4.78 is 1.86. The van der Waals surface area contributed by atoms with E-state index in [1.165, 1.54) is 0 Å². The predicted octanol–water partition coefficient (Wildman–Crippen LogP) is 3.19. The fourth-order valence-electron chi connectivity index (χ4n) is 2.14. The highest BCUT2D eigenvalue weighted by Crippen LogP contribution is 2.25. The Balaban J connectivity index is 0.00000161. The van der Waals surface area contributed by atoms with Crippen molar-refractivity contribution in [1.82, 2.24) is 14.6 Å². The van der Waals surface area contributed by atoms with Gasteiger partial charge >= 0.3 is 0 Å². The summed E-state index contributed by atoms with van der Waals surface area (Å²) in [6.45, 7) is 0.549. The molecule has 2 aromatic heterocycles. The molecular formula is C15H20Cl3N5. The van der Waals surface area contributed by atoms with Gasteiger partial charge in [-0.05, 0) is 11.6 Å². The van der Waals surface area contributed by atoms with Gasteiger partial charge < -0.3 is 10.6 Å². The van der Waals surface area contributed by atoms with Crippen LogP contribution in [0.25, 0.3) is 16.8 Å². The number of hydrogen-bond acceptors (Lipinski definition) is 4. The van der Waals surface area contributed by atoms with Crippen LogP contribution >= 0.6 is 37.2 Å². The van der Waals surface area contributed by atoms with Crippen molar-refractivity contribution >= 4 is 48.6 Å². The van der Waals surface area contributed by atoms with Crippen LogP contribution in [0.5, 0.6) is 0 Å². The molecule has 0 bridgehead atoms. The van der Waals surface area contributed by atoms with E-state index in [2.05, 4.69) is 17.2 Å². The molecule has 0 fully saturated rings. The molecule has 8 heteroatoms. The summed E-state index contributed by atoms with van der Waals surface area (Å²) in [4.78, 5) is 6.70. The number of nitrogens with zero attached hydrogens (tertiary/aromatic N) is 4. The Morgan fingerprint density at radius 2 is 1.70 bits per heavy atom. The van der Waals surface area contributed by atoms with Crippen molar-refractivity contribution in [1.29, 1.82) is 0 Å². The summed E-state index contributed by atoms with van der Waals surface area (Å²) >= 11 is 0. The van der Waals surface area contributed by atoms with E-state index in [0.717, 1.165) is 28.2 Å². The molecule has 3 rings (SSSR count). The van der Waals surface area contributed by atoms with Crippen LogP contribution in [0.4, 0.5) is 5.82 Å². The molecule has 0 unspecified atom stereocenters. The highest BCUT2D eigenvalue weighted by molar-refractivity contribution is 5.86. The lowest BCUT2D eigenvalue weighted by Crippen LogP contribution is -2.12. The first-order chi connectivity index (χ1) is 9.69. The molecular weight excluding hydrogens is 357 g/mol. The minimum atomic E-state index is 0. The monoisotopic (exact) mass is 375 g/mol. The maximum atomic E-state index is 5.64. The summed E-state index contributed by atoms with van der Waals surface area (Å²) in [6, 6.07) is 10.1. The molecule has 23 heavy (non-hydrogen) atoms. The van der Waals surface area contributed by atoms with E-state index in [9.17, 15) is 0 Å². The van der Waals surface area contributed by atoms with Gasteiger partial charge in [0.25, 0.3) is 0 Å². The summed E-state index contributed by atoms with van der Waals surface area (Å²) in [7, 11) is 3.94. The molecule has 0 aliphatic heterocycles. The molecule has 2 heterocycles. The zero-order valence-corrected chi connectivity index (χ0v) is 15.3. The summed E-state index contributed by atoms with van der Waals surface area (Å²) in [5.74, 6) is 0.874. The first-order valence-corrected chi connectivity index (χ1v) is 6.50. The van der Waals surface area contributed by atoms with E-state index >= 15 is 0 Å². The van der Waals surface area contributed by atoms with Crippen molar-refractivity contribution in [3.8, 4) is 11.3 Å². The van der Waals surface area contributed by atoms with Crippen LogP contribution in [-0.2, 0) is 6.54 Å². The minimum Gasteiger partial charge on any atom is -0.361 e. The van der Waals surface area contributed by atoms with Gasteiger partial charge in [0.1, 0.15) is 5.82 Å². The summed E-state index contributed by atoms with van der Waals surface area (Å²) in [6.07, 6.45) is 3.71. The van der Waals surface area contributed by atoms with Crippen LogP contribution in [-0.4, -0.2) is 28.7 Å². The van der Waals surface area contributed by atoms with Gasteiger partial charge in [0.05, 0.1) is 23.6 Å². The zero-order valence-electron chi connectivity index (χ0n) is 12.8. The molecule has 5 nitrogen and oxygen atoms in total. The number of halogens is 3. The molecule has 0 aliphatic carbocycles. The largest absolute Gasteiger partial charge is 0.361 e. The molecule has 0 amide bonds. The second kappa shape index (κ2) is 8.93. The molecule has 0 radical (unpaired) electrons. The minimum absolute atomic E-state index is 0. The van der Waals surface area contributed by atoms with Gasteiger partial charge in [-0.3, -0.25) is 0 Å². The van der Waals surface area contributed by atoms with Crippen LogP contribution in [0, 0.1) is 0 Å². The molecule has 0 aliphatic rings. The third-order valence-electron chi connectivity index (χ3n) is 3.30. The maximum Gasteiger partial charge on any atom is 0.147 e. The van der Waals surface area contributed by atoms with Crippen molar-refractivity contribution in [3.63, 3.8) is 0 Å². The van der Waals surface area contributed by atoms with Crippen LogP contribution < -0.4 is 10.6 Å². The van der Waals surface area contributed by atoms with Gasteiger partial charge in [-0.1, -0.05) is 24.3 Å². The van der Waals surface area contributed by atoms with E-state index in [1.54, 1.807) is 6.20 Å². The number of benzene rings is 1. The zero-order chi connectivity index (χ0) is 14.1. The van der Waals surface area contributed by atoms with Crippen LogP contribution in [0.1, 0.15) is 5.56 Å². The van der Waals surface area contributed by atoms with Gasteiger partial charge in [0.2, 0.25) is 0 Å². The third kappa shape index (κ3) is 4.26. The number of rotatable bonds is 3. The molecule has 0 saturated carbocycles. The second-order valence-corrected chi connectivity index (χ2v) is 4.90. The second-order valence-electron chi connectivity index (χ2n) is 4.90. The number of fused-ring (bicyclic) bond motifs is 1. The highest BCUT2D eigenvalue weighted by Gasteiger charge is 2.10. The molecule has 0 spiro atoms. The maximum absolute atomic E-state index is 5.64. The Bertz CT molecular complexity index is 740. The first kappa shape index (κ1) is 21.5. The van der Waals surface area contributed by atoms with Gasteiger partial charge in [-0.15, -0.1) is 37.2 Å². The number of nitrogens with two attached hydrogens (primary N) is 1. The lowest BCUT2D eigenvalue weighted by Gasteiger charge is -2.14. The van der Waals surface area contributed by atoms with Gasteiger partial charge in [-0.2, -0.15) is 5.10 Å². The summed E-state index contributed by atoms with van der Waals surface area (Å²) in [5.41, 5.74) is 9.74. The van der Waals surface area contributed by atoms with Crippen LogP contribution in [0.3, 0.4) is 0 Å². The van der Waals surface area contributed by atoms with Crippen molar-refractivity contribution < 1.29 is 0 Å². The third-order valence-corrected chi connectivity index (χ3v) is 3.30. The van der Waals surface area contributed by atoms with Crippen molar-refractivity contribution in [2.45, 2.75) is 6.54 Å². The molecule has 2 N–H and O–H groups in total. The average Bonchev–Trinajstić information content (AvgIpc) is 2.94. The van der Waals surface area contributed by atoms with Gasteiger partial charge in [-0.25, -0.2) is 9.50 Å². The predicted molar refractivity (Wildman–Crippen MR) is 102 cm³/mol. The number of anilines is 1. The van der Waals surface area contributed by atoms with Crippen molar-refractivity contribution in [3.05, 3.63) is 48.3 Å². The summed E-state index contributed by atoms with van der Waals surface area (Å²) in [5, 5.41) is 4.31. The molecule has 0 atom stereocenters. The van der Waals surface area contributed by atoms with Gasteiger partial charge in [0, 0.05) is 26.2 Å². The van der Waals surface area contributed by atoms with Crippen LogP contribution in [0.15, 0.2) is 42.7 Å². The quantitative estimate of drug-likeness (QED) is 0.762. The Morgan fingerprint density at radius 1 is 1.04 bits per heavy atom. The van der Waals surface area contributed by atoms with E-state index < -0.39 is 0 Å². The topological polar surface area (TPSA) is 59.5 Å². The lowest BCUT2D eigenvalue weighted by molar-refractivity contribution is 0.928. The standard InChI is InChI=1S/C15H17N5.3ClH/c1-19(2)14-10-20-13(7-8-17-20)15(18-14)12-5-3-11(9-16)4-6-12;;;/h3-8,10H,9,16H2,1-2H3;3*1H. The molecule has 0 saturated heterocycles. The Labute approximate surface area is 154 Å². The normalized spacial score (nSPS) is 9.52. The van der Waals surface area contributed by atoms with Crippen molar-refractivity contribution in [2.75, 3.05) is 19.0 Å². The van der Waals surface area contributed by atoms with Gasteiger partial charge in [0.15, 0.2) is 0 Å². The fraction of sp³-hybridized carbons (Fsp3) is 0.200. The smallest absolute Gasteiger partial charge is 0.147 e. The lowest BCUT2D eigenvalue weighted by atomic mass is 10.1. The molecule has 1 aromatic carbocycles. The Morgan fingerprint density at radius 3 is 2.26 bits per heavy atom. The van der Waals surface area contributed by atoms with Crippen molar-refractivity contribution in [2.24, 2.45) is 5.73 Å². The number of hydrogen-bond donors (Lipinski definition) is 1. The molecule has 126 valence electrons. The van der Waals surface area contributed by atoms with E-state index in [4.69, 9.17) is 10.7 Å². The molecule has 3 aromatic rings. The van der Waals surface area contributed by atoms with E-state index in [-0.39, 0.29) is 37.2 Å². The SMILES string of the molecule is CN(C)c1cn2nccc2c(-c2ccc(CN)cc2)n1.Cl.Cl.Cl. The fourth-order valence-corrected chi connectivity index (χ4v) is 2.14. The van der Waals surface area contributed by atoms with E-state index in [1.807, 2.05) is 47.9 Å². The highest BCUT2D eigenvalue weighted by atomic mass is 35.5. The first-order valence-electron chi connectivity index (χ1n) is 6.50. The van der Waals surface area contributed by atoms with Crippen LogP contribution in [0.2, 0.25) is 0 Å². The number of aromatic nitrogens is 3. The Hall–Kier alpha value is -1.53. The van der Waals surface area contributed by atoms with E-state index in [0.29, 0.717) is 6.54 Å². The average molecular weight is 377 g/mol.